The maximum atomic E-state index is 12.5. The van der Waals surface area contributed by atoms with Crippen molar-refractivity contribution in [3.05, 3.63) is 29.8 Å². The molecule has 1 amide bonds. The molecule has 26 heavy (non-hydrogen) atoms. The molecule has 1 saturated carbocycles. The van der Waals surface area contributed by atoms with Gasteiger partial charge in [-0.05, 0) is 37.0 Å². The van der Waals surface area contributed by atoms with E-state index in [1.165, 1.54) is 24.3 Å². The Kier molecular flexibility index (Phi) is 6.77. The van der Waals surface area contributed by atoms with Crippen LogP contribution in [-0.2, 0) is 14.8 Å². The van der Waals surface area contributed by atoms with Gasteiger partial charge in [0.05, 0.1) is 4.90 Å². The molecule has 1 aromatic carbocycles. The number of carbonyl (C=O) groups is 2. The molecule has 0 spiro atoms. The van der Waals surface area contributed by atoms with E-state index in [1.807, 2.05) is 6.92 Å². The molecule has 2 atom stereocenters. The average Bonchev–Trinajstić information content (AvgIpc) is 3.10. The zero-order chi connectivity index (χ0) is 19.3. The quantitative estimate of drug-likeness (QED) is 0.638. The number of sulfonamides is 1. The fraction of sp³-hybridized carbons (Fsp3) is 0.556. The summed E-state index contributed by atoms with van der Waals surface area (Å²) in [6, 6.07) is 4.57. The summed E-state index contributed by atoms with van der Waals surface area (Å²) in [5.74, 6) is -1.96. The minimum Gasteiger partial charge on any atom is -0.480 e. The number of carboxylic acid groups (broad SMARTS) is 1. The van der Waals surface area contributed by atoms with Crippen LogP contribution in [0.3, 0.4) is 0 Å². The molecule has 1 aromatic rings. The molecule has 0 unspecified atom stereocenters. The van der Waals surface area contributed by atoms with Crippen molar-refractivity contribution in [1.29, 1.82) is 0 Å². The lowest BCUT2D eigenvalue weighted by Gasteiger charge is -2.20. The number of carbonyl (C=O) groups excluding carboxylic acids is 1. The van der Waals surface area contributed by atoms with Gasteiger partial charge in [0.15, 0.2) is 0 Å². The summed E-state index contributed by atoms with van der Waals surface area (Å²) < 4.78 is 27.7. The van der Waals surface area contributed by atoms with Gasteiger partial charge in [-0.15, -0.1) is 0 Å². The molecule has 8 heteroatoms. The van der Waals surface area contributed by atoms with Crippen molar-refractivity contribution < 1.29 is 23.1 Å². The van der Waals surface area contributed by atoms with Gasteiger partial charge >= 0.3 is 5.97 Å². The van der Waals surface area contributed by atoms with E-state index in [4.69, 9.17) is 0 Å². The Labute approximate surface area is 154 Å². The van der Waals surface area contributed by atoms with Crippen LogP contribution >= 0.6 is 0 Å². The Morgan fingerprint density at radius 2 is 1.92 bits per heavy atom. The van der Waals surface area contributed by atoms with Crippen LogP contribution in [0.25, 0.3) is 0 Å². The van der Waals surface area contributed by atoms with Crippen LogP contribution in [0, 0.1) is 5.92 Å². The first-order valence-corrected chi connectivity index (χ1v) is 10.4. The molecule has 1 aliphatic carbocycles. The van der Waals surface area contributed by atoms with Crippen molar-refractivity contribution in [3.8, 4) is 0 Å². The Bertz CT molecular complexity index is 757. The van der Waals surface area contributed by atoms with Gasteiger partial charge in [0.25, 0.3) is 5.91 Å². The van der Waals surface area contributed by atoms with Crippen LogP contribution in [0.15, 0.2) is 29.2 Å². The third kappa shape index (κ3) is 5.04. The van der Waals surface area contributed by atoms with Crippen molar-refractivity contribution in [1.82, 2.24) is 10.0 Å². The summed E-state index contributed by atoms with van der Waals surface area (Å²) in [6.07, 6.45) is 4.23. The molecule has 2 rings (SSSR count). The van der Waals surface area contributed by atoms with Crippen LogP contribution in [0.2, 0.25) is 0 Å². The minimum absolute atomic E-state index is 0.00691. The number of amides is 1. The van der Waals surface area contributed by atoms with E-state index < -0.39 is 27.9 Å². The Morgan fingerprint density at radius 1 is 1.27 bits per heavy atom. The number of hydrogen-bond acceptors (Lipinski definition) is 4. The first kappa shape index (κ1) is 20.4. The van der Waals surface area contributed by atoms with Gasteiger partial charge in [0.2, 0.25) is 10.0 Å². The average molecular weight is 382 g/mol. The lowest BCUT2D eigenvalue weighted by Crippen LogP contribution is -2.45. The van der Waals surface area contributed by atoms with Gasteiger partial charge < -0.3 is 10.4 Å². The van der Waals surface area contributed by atoms with E-state index in [2.05, 4.69) is 10.0 Å². The highest BCUT2D eigenvalue weighted by Gasteiger charge is 2.27. The summed E-state index contributed by atoms with van der Waals surface area (Å²) in [7, 11) is -3.71. The molecule has 0 bridgehead atoms. The molecule has 0 saturated heterocycles. The van der Waals surface area contributed by atoms with Crippen molar-refractivity contribution in [3.63, 3.8) is 0 Å². The molecule has 0 heterocycles. The standard InChI is InChI=1S/C18H26N2O5S/c1-3-12(2)16(18(22)23)19-17(21)13-7-6-10-15(11-13)26(24,25)20-14-8-4-5-9-14/h6-7,10-12,14,16,20H,3-5,8-9H2,1-2H3,(H,19,21)(H,22,23)/t12-,16-/m0/s1. The van der Waals surface area contributed by atoms with Gasteiger partial charge in [-0.3, -0.25) is 4.79 Å². The zero-order valence-corrected chi connectivity index (χ0v) is 15.9. The third-order valence-electron chi connectivity index (χ3n) is 4.85. The van der Waals surface area contributed by atoms with Crippen LogP contribution in [0.4, 0.5) is 0 Å². The number of rotatable bonds is 8. The second-order valence-electron chi connectivity index (χ2n) is 6.81. The number of nitrogens with one attached hydrogen (secondary N) is 2. The second kappa shape index (κ2) is 8.64. The molecule has 1 fully saturated rings. The van der Waals surface area contributed by atoms with Gasteiger partial charge in [-0.25, -0.2) is 17.9 Å². The van der Waals surface area contributed by atoms with Crippen LogP contribution in [-0.4, -0.2) is 37.5 Å². The predicted octanol–water partition coefficient (Wildman–Crippen LogP) is 2.14. The zero-order valence-electron chi connectivity index (χ0n) is 15.1. The van der Waals surface area contributed by atoms with Gasteiger partial charge in [-0.2, -0.15) is 0 Å². The Balaban J connectivity index is 2.16. The maximum absolute atomic E-state index is 12.5. The van der Waals surface area contributed by atoms with Gasteiger partial charge in [0, 0.05) is 11.6 Å². The normalized spacial score (nSPS) is 17.6. The molecule has 0 aromatic heterocycles. The molecule has 144 valence electrons. The van der Waals surface area contributed by atoms with Crippen molar-refractivity contribution >= 4 is 21.9 Å². The van der Waals surface area contributed by atoms with Gasteiger partial charge in [0.1, 0.15) is 6.04 Å². The second-order valence-corrected chi connectivity index (χ2v) is 8.52. The highest BCUT2D eigenvalue weighted by molar-refractivity contribution is 7.89. The lowest BCUT2D eigenvalue weighted by atomic mass is 9.99. The smallest absolute Gasteiger partial charge is 0.326 e. The summed E-state index contributed by atoms with van der Waals surface area (Å²) in [6.45, 7) is 3.58. The summed E-state index contributed by atoms with van der Waals surface area (Å²) in [4.78, 5) is 23.8. The van der Waals surface area contributed by atoms with Crippen LogP contribution < -0.4 is 10.0 Å². The summed E-state index contributed by atoms with van der Waals surface area (Å²) >= 11 is 0. The van der Waals surface area contributed by atoms with Crippen molar-refractivity contribution in [2.75, 3.05) is 0 Å². The van der Waals surface area contributed by atoms with Crippen LogP contribution in [0.1, 0.15) is 56.3 Å². The van der Waals surface area contributed by atoms with E-state index in [0.29, 0.717) is 6.42 Å². The van der Waals surface area contributed by atoms with E-state index in [0.717, 1.165) is 25.7 Å². The number of carboxylic acids is 1. The molecule has 1 aliphatic rings. The van der Waals surface area contributed by atoms with E-state index in [-0.39, 0.29) is 22.4 Å². The molecule has 0 aliphatic heterocycles. The first-order chi connectivity index (χ1) is 12.2. The van der Waals surface area contributed by atoms with Crippen LogP contribution in [0.5, 0.6) is 0 Å². The Morgan fingerprint density at radius 3 is 2.50 bits per heavy atom. The molecular weight excluding hydrogens is 356 g/mol. The Hall–Kier alpha value is -1.93. The predicted molar refractivity (Wildman–Crippen MR) is 97.4 cm³/mol. The SMILES string of the molecule is CC[C@H](C)[C@H](NC(=O)c1cccc(S(=O)(=O)NC2CCCC2)c1)C(=O)O. The number of benzene rings is 1. The number of hydrogen-bond donors (Lipinski definition) is 3. The summed E-state index contributed by atoms with van der Waals surface area (Å²) in [5.41, 5.74) is 0.119. The maximum Gasteiger partial charge on any atom is 0.326 e. The van der Waals surface area contributed by atoms with E-state index in [9.17, 15) is 23.1 Å². The number of aliphatic carboxylic acids is 1. The fourth-order valence-corrected chi connectivity index (χ4v) is 4.39. The molecule has 0 radical (unpaired) electrons. The topological polar surface area (TPSA) is 113 Å². The highest BCUT2D eigenvalue weighted by atomic mass is 32.2. The van der Waals surface area contributed by atoms with E-state index in [1.54, 1.807) is 6.92 Å². The van der Waals surface area contributed by atoms with Crippen molar-refractivity contribution in [2.45, 2.75) is 62.9 Å². The molecular formula is C18H26N2O5S. The van der Waals surface area contributed by atoms with E-state index >= 15 is 0 Å². The van der Waals surface area contributed by atoms with Crippen molar-refractivity contribution in [2.24, 2.45) is 5.92 Å². The highest BCUT2D eigenvalue weighted by Crippen LogP contribution is 2.21. The first-order valence-electron chi connectivity index (χ1n) is 8.90. The monoisotopic (exact) mass is 382 g/mol. The molecule has 3 N–H and O–H groups in total. The fourth-order valence-electron chi connectivity index (χ4n) is 3.04. The van der Waals surface area contributed by atoms with Gasteiger partial charge in [-0.1, -0.05) is 39.2 Å². The summed E-state index contributed by atoms with van der Waals surface area (Å²) in [5, 5.41) is 11.8. The minimum atomic E-state index is -3.71. The molecule has 7 nitrogen and oxygen atoms in total. The lowest BCUT2D eigenvalue weighted by molar-refractivity contribution is -0.140. The third-order valence-corrected chi connectivity index (χ3v) is 6.37. The largest absolute Gasteiger partial charge is 0.480 e.